The van der Waals surface area contributed by atoms with Crippen molar-refractivity contribution in [3.05, 3.63) is 65.5 Å². The molecule has 2 aromatic rings. The average molecular weight is 389 g/mol. The summed E-state index contributed by atoms with van der Waals surface area (Å²) >= 11 is 0. The molecule has 0 bridgehead atoms. The van der Waals surface area contributed by atoms with E-state index in [4.69, 9.17) is 0 Å². The van der Waals surface area contributed by atoms with Crippen molar-refractivity contribution in [1.29, 1.82) is 0 Å². The highest BCUT2D eigenvalue weighted by Crippen LogP contribution is 2.33. The molecule has 28 heavy (non-hydrogen) atoms. The number of hydrogen-bond acceptors (Lipinski definition) is 3. The molecule has 2 atom stereocenters. The summed E-state index contributed by atoms with van der Waals surface area (Å²) in [5.74, 6) is 0.0506. The van der Waals surface area contributed by atoms with Crippen molar-refractivity contribution in [3.63, 3.8) is 0 Å². The zero-order valence-corrected chi connectivity index (χ0v) is 15.4. The SMILES string of the molecule is O=C(c1cccc(C(F)(F)F)c1)N1C[C@H]2CCCN(Cc3ccncc3)[C@H]2C1. The van der Waals surface area contributed by atoms with Gasteiger partial charge in [-0.3, -0.25) is 14.7 Å². The Kier molecular flexibility index (Phi) is 5.10. The first kappa shape index (κ1) is 18.9. The van der Waals surface area contributed by atoms with E-state index in [9.17, 15) is 18.0 Å². The summed E-state index contributed by atoms with van der Waals surface area (Å²) in [6.07, 6.45) is 1.21. The van der Waals surface area contributed by atoms with Crippen LogP contribution in [-0.2, 0) is 12.7 Å². The van der Waals surface area contributed by atoms with Crippen molar-refractivity contribution in [2.24, 2.45) is 5.92 Å². The third-order valence-corrected chi connectivity index (χ3v) is 5.75. The van der Waals surface area contributed by atoms with Gasteiger partial charge in [0.2, 0.25) is 0 Å². The summed E-state index contributed by atoms with van der Waals surface area (Å²) in [6, 6.07) is 8.95. The number of halogens is 3. The molecule has 3 heterocycles. The summed E-state index contributed by atoms with van der Waals surface area (Å²) in [7, 11) is 0. The first-order valence-corrected chi connectivity index (χ1v) is 9.51. The molecule has 0 spiro atoms. The highest BCUT2D eigenvalue weighted by Gasteiger charge is 2.41. The molecule has 1 aromatic heterocycles. The Hall–Kier alpha value is -2.41. The first-order valence-electron chi connectivity index (χ1n) is 9.51. The number of carbonyl (C=O) groups excluding carboxylic acids is 1. The number of carbonyl (C=O) groups is 1. The van der Waals surface area contributed by atoms with Crippen LogP contribution in [0.15, 0.2) is 48.8 Å². The highest BCUT2D eigenvalue weighted by atomic mass is 19.4. The van der Waals surface area contributed by atoms with E-state index < -0.39 is 11.7 Å². The van der Waals surface area contributed by atoms with E-state index in [-0.39, 0.29) is 17.5 Å². The Balaban J connectivity index is 1.48. The number of rotatable bonds is 3. The van der Waals surface area contributed by atoms with Gasteiger partial charge < -0.3 is 4.90 Å². The third-order valence-electron chi connectivity index (χ3n) is 5.75. The molecule has 1 aromatic carbocycles. The van der Waals surface area contributed by atoms with Crippen LogP contribution in [0.5, 0.6) is 0 Å². The second-order valence-corrected chi connectivity index (χ2v) is 7.58. The number of likely N-dealkylation sites (tertiary alicyclic amines) is 2. The Labute approximate surface area is 162 Å². The molecule has 0 unspecified atom stereocenters. The smallest absolute Gasteiger partial charge is 0.337 e. The number of alkyl halides is 3. The molecule has 148 valence electrons. The number of nitrogens with zero attached hydrogens (tertiary/aromatic N) is 3. The first-order chi connectivity index (χ1) is 13.4. The molecule has 1 amide bonds. The summed E-state index contributed by atoms with van der Waals surface area (Å²) in [4.78, 5) is 21.0. The monoisotopic (exact) mass is 389 g/mol. The lowest BCUT2D eigenvalue weighted by Crippen LogP contribution is -2.44. The van der Waals surface area contributed by atoms with Crippen LogP contribution in [0.1, 0.15) is 34.3 Å². The van der Waals surface area contributed by atoms with Crippen LogP contribution >= 0.6 is 0 Å². The van der Waals surface area contributed by atoms with Gasteiger partial charge in [0.25, 0.3) is 5.91 Å². The van der Waals surface area contributed by atoms with Crippen LogP contribution in [0, 0.1) is 5.92 Å². The maximum absolute atomic E-state index is 13.0. The molecule has 2 fully saturated rings. The number of fused-ring (bicyclic) bond motifs is 1. The van der Waals surface area contributed by atoms with Gasteiger partial charge in [-0.25, -0.2) is 0 Å². The van der Waals surface area contributed by atoms with Gasteiger partial charge in [0.15, 0.2) is 0 Å². The Morgan fingerprint density at radius 3 is 2.68 bits per heavy atom. The van der Waals surface area contributed by atoms with Crippen LogP contribution < -0.4 is 0 Å². The molecule has 4 rings (SSSR count). The molecule has 2 aliphatic heterocycles. The van der Waals surface area contributed by atoms with E-state index in [1.54, 1.807) is 17.3 Å². The van der Waals surface area contributed by atoms with Gasteiger partial charge in [-0.05, 0) is 61.2 Å². The minimum Gasteiger partial charge on any atom is -0.337 e. The zero-order valence-electron chi connectivity index (χ0n) is 15.4. The summed E-state index contributed by atoms with van der Waals surface area (Å²) < 4.78 is 38.9. The van der Waals surface area contributed by atoms with Crippen molar-refractivity contribution in [1.82, 2.24) is 14.8 Å². The van der Waals surface area contributed by atoms with Crippen molar-refractivity contribution in [2.45, 2.75) is 31.6 Å². The Morgan fingerprint density at radius 2 is 1.93 bits per heavy atom. The molecular weight excluding hydrogens is 367 g/mol. The van der Waals surface area contributed by atoms with E-state index in [1.165, 1.54) is 17.7 Å². The minimum absolute atomic E-state index is 0.106. The van der Waals surface area contributed by atoms with E-state index >= 15 is 0 Å². The minimum atomic E-state index is -4.45. The fourth-order valence-corrected chi connectivity index (χ4v) is 4.37. The summed E-state index contributed by atoms with van der Waals surface area (Å²) in [6.45, 7) is 2.93. The van der Waals surface area contributed by atoms with Gasteiger partial charge in [0.05, 0.1) is 5.56 Å². The van der Waals surface area contributed by atoms with Gasteiger partial charge in [0.1, 0.15) is 0 Å². The number of benzene rings is 1. The number of amides is 1. The molecule has 7 heteroatoms. The largest absolute Gasteiger partial charge is 0.416 e. The second kappa shape index (κ2) is 7.54. The quantitative estimate of drug-likeness (QED) is 0.800. The van der Waals surface area contributed by atoms with Crippen LogP contribution in [0.2, 0.25) is 0 Å². The average Bonchev–Trinajstić information content (AvgIpc) is 3.13. The number of piperidine rings is 1. The van der Waals surface area contributed by atoms with E-state index in [0.29, 0.717) is 19.0 Å². The summed E-state index contributed by atoms with van der Waals surface area (Å²) in [5.41, 5.74) is 0.502. The van der Waals surface area contributed by atoms with E-state index in [0.717, 1.165) is 38.1 Å². The predicted molar refractivity (Wildman–Crippen MR) is 98.5 cm³/mol. The van der Waals surface area contributed by atoms with E-state index in [1.807, 2.05) is 12.1 Å². The van der Waals surface area contributed by atoms with Gasteiger partial charge in [0, 0.05) is 43.6 Å². The van der Waals surface area contributed by atoms with Crippen molar-refractivity contribution in [3.8, 4) is 0 Å². The van der Waals surface area contributed by atoms with Crippen LogP contribution in [0.3, 0.4) is 0 Å². The number of pyridine rings is 1. The fraction of sp³-hybridized carbons (Fsp3) is 0.429. The molecule has 0 aliphatic carbocycles. The normalized spacial score (nSPS) is 22.9. The second-order valence-electron chi connectivity index (χ2n) is 7.58. The maximum Gasteiger partial charge on any atom is 0.416 e. The lowest BCUT2D eigenvalue weighted by molar-refractivity contribution is -0.137. The highest BCUT2D eigenvalue weighted by molar-refractivity contribution is 5.94. The van der Waals surface area contributed by atoms with Crippen LogP contribution in [0.25, 0.3) is 0 Å². The molecule has 2 saturated heterocycles. The van der Waals surface area contributed by atoms with Crippen LogP contribution in [-0.4, -0.2) is 46.4 Å². The lowest BCUT2D eigenvalue weighted by Gasteiger charge is -2.36. The zero-order chi connectivity index (χ0) is 19.7. The van der Waals surface area contributed by atoms with E-state index in [2.05, 4.69) is 9.88 Å². The van der Waals surface area contributed by atoms with Crippen LogP contribution in [0.4, 0.5) is 13.2 Å². The molecular formula is C21H22F3N3O. The number of aromatic nitrogens is 1. The lowest BCUT2D eigenvalue weighted by atomic mass is 9.92. The molecule has 4 nitrogen and oxygen atoms in total. The molecule has 0 saturated carbocycles. The third kappa shape index (κ3) is 3.90. The Morgan fingerprint density at radius 1 is 1.14 bits per heavy atom. The standard InChI is InChI=1S/C21H22F3N3O/c22-21(23,24)18-5-1-3-16(11-18)20(28)27-13-17-4-2-10-26(19(17)14-27)12-15-6-8-25-9-7-15/h1,3,5-9,11,17,19H,2,4,10,12-14H2/t17-,19+/m1/s1. The van der Waals surface area contributed by atoms with Gasteiger partial charge in [-0.1, -0.05) is 6.07 Å². The van der Waals surface area contributed by atoms with Crippen molar-refractivity contribution in [2.75, 3.05) is 19.6 Å². The van der Waals surface area contributed by atoms with Gasteiger partial charge in [-0.15, -0.1) is 0 Å². The van der Waals surface area contributed by atoms with Crippen molar-refractivity contribution < 1.29 is 18.0 Å². The number of hydrogen-bond donors (Lipinski definition) is 0. The van der Waals surface area contributed by atoms with Gasteiger partial charge >= 0.3 is 6.18 Å². The summed E-state index contributed by atoms with van der Waals surface area (Å²) in [5, 5.41) is 0. The Bertz CT molecular complexity index is 840. The predicted octanol–water partition coefficient (Wildman–Crippen LogP) is 3.84. The fourth-order valence-electron chi connectivity index (χ4n) is 4.37. The topological polar surface area (TPSA) is 36.4 Å². The molecule has 0 radical (unpaired) electrons. The van der Waals surface area contributed by atoms with Crippen molar-refractivity contribution >= 4 is 5.91 Å². The molecule has 0 N–H and O–H groups in total. The van der Waals surface area contributed by atoms with Gasteiger partial charge in [-0.2, -0.15) is 13.2 Å². The molecule has 2 aliphatic rings. The maximum atomic E-state index is 13.0.